The molecule has 2 aromatic carbocycles. The minimum Gasteiger partial charge on any atom is -0.388 e. The van der Waals surface area contributed by atoms with E-state index in [1.165, 1.54) is 12.1 Å². The Kier molecular flexibility index (Phi) is 4.94. The van der Waals surface area contributed by atoms with Gasteiger partial charge in [0, 0.05) is 16.5 Å². The molecule has 0 radical (unpaired) electrons. The molecule has 0 aliphatic rings. The molecule has 0 fully saturated rings. The van der Waals surface area contributed by atoms with Crippen LogP contribution in [-0.2, 0) is 6.42 Å². The van der Waals surface area contributed by atoms with Crippen LogP contribution < -0.4 is 0 Å². The highest BCUT2D eigenvalue weighted by Gasteiger charge is 2.18. The van der Waals surface area contributed by atoms with Crippen LogP contribution in [-0.4, -0.2) is 5.11 Å². The fraction of sp³-hybridized carbons (Fsp3) is 0.200. The van der Waals surface area contributed by atoms with Gasteiger partial charge in [-0.1, -0.05) is 28.1 Å². The Balaban J connectivity index is 2.30. The van der Waals surface area contributed by atoms with Crippen molar-refractivity contribution in [2.45, 2.75) is 19.4 Å². The zero-order valence-electron chi connectivity index (χ0n) is 10.6. The van der Waals surface area contributed by atoms with Crippen molar-refractivity contribution in [1.82, 2.24) is 0 Å². The lowest BCUT2D eigenvalue weighted by molar-refractivity contribution is 0.175. The van der Waals surface area contributed by atoms with Gasteiger partial charge in [0.1, 0.15) is 11.6 Å². The van der Waals surface area contributed by atoms with Gasteiger partial charge in [-0.15, -0.1) is 0 Å². The third kappa shape index (κ3) is 3.27. The van der Waals surface area contributed by atoms with Gasteiger partial charge in [-0.2, -0.15) is 0 Å². The first-order valence-corrected chi connectivity index (χ1v) is 7.55. The molecule has 0 saturated carbocycles. The minimum absolute atomic E-state index is 0.118. The number of rotatable bonds is 3. The molecule has 5 heteroatoms. The lowest BCUT2D eigenvalue weighted by Gasteiger charge is -2.14. The number of aliphatic hydroxyl groups is 1. The third-order valence-electron chi connectivity index (χ3n) is 3.12. The SMILES string of the molecule is Cc1ccc(C(O)Cc2c(F)ccc(Br)c2F)cc1Br. The predicted molar refractivity (Wildman–Crippen MR) is 81.6 cm³/mol. The summed E-state index contributed by atoms with van der Waals surface area (Å²) in [6, 6.07) is 7.84. The summed E-state index contributed by atoms with van der Waals surface area (Å²) in [6.07, 6.45) is -1.09. The molecule has 2 aromatic rings. The summed E-state index contributed by atoms with van der Waals surface area (Å²) in [6.45, 7) is 1.92. The summed E-state index contributed by atoms with van der Waals surface area (Å²) in [4.78, 5) is 0. The molecule has 2 rings (SSSR count). The van der Waals surface area contributed by atoms with Crippen molar-refractivity contribution in [2.24, 2.45) is 0 Å². The van der Waals surface area contributed by atoms with E-state index < -0.39 is 17.7 Å². The van der Waals surface area contributed by atoms with Crippen molar-refractivity contribution in [3.05, 3.63) is 67.6 Å². The van der Waals surface area contributed by atoms with Gasteiger partial charge in [0.05, 0.1) is 10.6 Å². The molecule has 1 N–H and O–H groups in total. The van der Waals surface area contributed by atoms with Gasteiger partial charge >= 0.3 is 0 Å². The number of hydrogen-bond acceptors (Lipinski definition) is 1. The summed E-state index contributed by atoms with van der Waals surface area (Å²) in [5.74, 6) is -1.33. The molecule has 0 amide bonds. The molecule has 20 heavy (non-hydrogen) atoms. The summed E-state index contributed by atoms with van der Waals surface area (Å²) < 4.78 is 28.6. The van der Waals surface area contributed by atoms with Gasteiger partial charge in [0.15, 0.2) is 0 Å². The fourth-order valence-corrected chi connectivity index (χ4v) is 2.65. The Morgan fingerprint density at radius 1 is 1.10 bits per heavy atom. The second-order valence-electron chi connectivity index (χ2n) is 4.55. The molecule has 106 valence electrons. The zero-order chi connectivity index (χ0) is 14.9. The van der Waals surface area contributed by atoms with Gasteiger partial charge in [-0.3, -0.25) is 0 Å². The number of hydrogen-bond donors (Lipinski definition) is 1. The topological polar surface area (TPSA) is 20.2 Å². The van der Waals surface area contributed by atoms with E-state index in [0.717, 1.165) is 10.0 Å². The van der Waals surface area contributed by atoms with Gasteiger partial charge in [0.2, 0.25) is 0 Å². The molecule has 0 aliphatic heterocycles. The molecule has 0 spiro atoms. The van der Waals surface area contributed by atoms with E-state index in [1.54, 1.807) is 12.1 Å². The van der Waals surface area contributed by atoms with Gasteiger partial charge < -0.3 is 5.11 Å². The van der Waals surface area contributed by atoms with E-state index in [0.29, 0.717) is 5.56 Å². The zero-order valence-corrected chi connectivity index (χ0v) is 13.8. The largest absolute Gasteiger partial charge is 0.388 e. The quantitative estimate of drug-likeness (QED) is 0.706. The van der Waals surface area contributed by atoms with Crippen LogP contribution in [0.2, 0.25) is 0 Å². The number of benzene rings is 2. The molecule has 0 bridgehead atoms. The van der Waals surface area contributed by atoms with Crippen molar-refractivity contribution in [3.63, 3.8) is 0 Å². The molecule has 0 aliphatic carbocycles. The van der Waals surface area contributed by atoms with Crippen LogP contribution in [0.25, 0.3) is 0 Å². The molecular weight excluding hydrogens is 394 g/mol. The van der Waals surface area contributed by atoms with Crippen LogP contribution >= 0.6 is 31.9 Å². The Labute approximate surface area is 132 Å². The van der Waals surface area contributed by atoms with Gasteiger partial charge in [-0.25, -0.2) is 8.78 Å². The first kappa shape index (κ1) is 15.6. The smallest absolute Gasteiger partial charge is 0.143 e. The summed E-state index contributed by atoms with van der Waals surface area (Å²) in [7, 11) is 0. The monoisotopic (exact) mass is 404 g/mol. The maximum Gasteiger partial charge on any atom is 0.143 e. The van der Waals surface area contributed by atoms with Crippen molar-refractivity contribution < 1.29 is 13.9 Å². The maximum atomic E-state index is 13.9. The first-order valence-electron chi connectivity index (χ1n) is 5.96. The Hall–Kier alpha value is -0.780. The molecule has 0 saturated heterocycles. The van der Waals surface area contributed by atoms with E-state index in [9.17, 15) is 13.9 Å². The Bertz CT molecular complexity index is 644. The standard InChI is InChI=1S/C15H12Br2F2O/c1-8-2-3-9(6-12(8)17)14(20)7-10-13(18)5-4-11(16)15(10)19/h2-6,14,20H,7H2,1H3. The third-order valence-corrected chi connectivity index (χ3v) is 4.58. The second kappa shape index (κ2) is 6.33. The fourth-order valence-electron chi connectivity index (χ4n) is 1.88. The maximum absolute atomic E-state index is 13.9. The van der Waals surface area contributed by atoms with Crippen molar-refractivity contribution in [1.29, 1.82) is 0 Å². The van der Waals surface area contributed by atoms with Crippen molar-refractivity contribution in [2.75, 3.05) is 0 Å². The van der Waals surface area contributed by atoms with Crippen LogP contribution in [0.1, 0.15) is 22.8 Å². The molecule has 1 atom stereocenters. The van der Waals surface area contributed by atoms with E-state index in [4.69, 9.17) is 0 Å². The van der Waals surface area contributed by atoms with Crippen LogP contribution in [0.4, 0.5) is 8.78 Å². The lowest BCUT2D eigenvalue weighted by Crippen LogP contribution is -2.06. The lowest BCUT2D eigenvalue weighted by atomic mass is 10.00. The average Bonchev–Trinajstić information content (AvgIpc) is 2.42. The highest BCUT2D eigenvalue weighted by molar-refractivity contribution is 9.10. The first-order chi connectivity index (χ1) is 9.40. The number of aliphatic hydroxyl groups excluding tert-OH is 1. The second-order valence-corrected chi connectivity index (χ2v) is 6.26. The predicted octanol–water partition coefficient (Wildman–Crippen LogP) is 5.07. The Morgan fingerprint density at radius 3 is 2.45 bits per heavy atom. The average molecular weight is 406 g/mol. The summed E-state index contributed by atoms with van der Waals surface area (Å²) in [5.41, 5.74) is 1.52. The summed E-state index contributed by atoms with van der Waals surface area (Å²) in [5, 5.41) is 10.2. The number of aryl methyl sites for hydroxylation is 1. The van der Waals surface area contributed by atoms with Crippen LogP contribution in [0.15, 0.2) is 39.3 Å². The van der Waals surface area contributed by atoms with E-state index in [1.807, 2.05) is 13.0 Å². The van der Waals surface area contributed by atoms with E-state index in [-0.39, 0.29) is 16.5 Å². The molecule has 1 nitrogen and oxygen atoms in total. The van der Waals surface area contributed by atoms with Gasteiger partial charge in [-0.05, 0) is 52.2 Å². The van der Waals surface area contributed by atoms with Crippen LogP contribution in [0.5, 0.6) is 0 Å². The highest BCUT2D eigenvalue weighted by Crippen LogP contribution is 2.28. The molecule has 0 heterocycles. The highest BCUT2D eigenvalue weighted by atomic mass is 79.9. The van der Waals surface area contributed by atoms with Crippen molar-refractivity contribution in [3.8, 4) is 0 Å². The van der Waals surface area contributed by atoms with E-state index >= 15 is 0 Å². The summed E-state index contributed by atoms with van der Waals surface area (Å²) >= 11 is 6.39. The molecular formula is C15H12Br2F2O. The molecule has 0 aromatic heterocycles. The van der Waals surface area contributed by atoms with Gasteiger partial charge in [0.25, 0.3) is 0 Å². The minimum atomic E-state index is -0.967. The van der Waals surface area contributed by atoms with Crippen LogP contribution in [0, 0.1) is 18.6 Å². The Morgan fingerprint density at radius 2 is 1.80 bits per heavy atom. The molecule has 1 unspecified atom stereocenters. The van der Waals surface area contributed by atoms with E-state index in [2.05, 4.69) is 31.9 Å². The number of halogens is 4. The van der Waals surface area contributed by atoms with Crippen LogP contribution in [0.3, 0.4) is 0 Å². The normalized spacial score (nSPS) is 12.5. The van der Waals surface area contributed by atoms with Crippen molar-refractivity contribution >= 4 is 31.9 Å².